The van der Waals surface area contributed by atoms with Gasteiger partial charge < -0.3 is 5.32 Å². The molecule has 0 aromatic heterocycles. The van der Waals surface area contributed by atoms with Gasteiger partial charge in [0.2, 0.25) is 15.9 Å². The van der Waals surface area contributed by atoms with Crippen LogP contribution in [-0.2, 0) is 24.7 Å². The van der Waals surface area contributed by atoms with E-state index in [1.54, 1.807) is 6.92 Å². The average Bonchev–Trinajstić information content (AvgIpc) is 2.60. The van der Waals surface area contributed by atoms with Crippen LogP contribution >= 0.6 is 0 Å². The number of amides is 1. The molecule has 2 aromatic carbocycles. The third-order valence-corrected chi connectivity index (χ3v) is 6.91. The number of nitrogens with one attached hydrogen (secondary N) is 2. The minimum atomic E-state index is -4.16. The number of benzene rings is 2. The summed E-state index contributed by atoms with van der Waals surface area (Å²) >= 11 is 0. The van der Waals surface area contributed by atoms with E-state index in [2.05, 4.69) is 14.9 Å². The number of aryl methyl sites for hydroxylation is 1. The van der Waals surface area contributed by atoms with Gasteiger partial charge in [0.05, 0.1) is 23.5 Å². The predicted molar refractivity (Wildman–Crippen MR) is 111 cm³/mol. The quantitative estimate of drug-likeness (QED) is 0.494. The fourth-order valence-electron chi connectivity index (χ4n) is 2.78. The lowest BCUT2D eigenvalue weighted by molar-refractivity contribution is -0.120. The van der Waals surface area contributed by atoms with E-state index in [-0.39, 0.29) is 10.6 Å². The van der Waals surface area contributed by atoms with E-state index < -0.39 is 42.9 Å². The molecule has 0 spiro atoms. The van der Waals surface area contributed by atoms with Crippen LogP contribution in [-0.4, -0.2) is 40.3 Å². The summed E-state index contributed by atoms with van der Waals surface area (Å²) < 4.78 is 64.4. The summed E-state index contributed by atoms with van der Waals surface area (Å²) in [5.41, 5.74) is -0.832. The van der Waals surface area contributed by atoms with Crippen LogP contribution in [0.5, 0.6) is 0 Å². The van der Waals surface area contributed by atoms with Crippen LogP contribution in [0.1, 0.15) is 12.5 Å². The Kier molecular flexibility index (Phi) is 6.66. The molecular formula is C19H20FN3O5S2. The monoisotopic (exact) mass is 453 g/mol. The number of hydrogen-bond donors (Lipinski definition) is 2. The smallest absolute Gasteiger partial charge is 0.246 e. The second kappa shape index (κ2) is 8.51. The number of nitrogens with zero attached hydrogens (tertiary/aromatic N) is 1. The Morgan fingerprint density at radius 1 is 1.13 bits per heavy atom. The van der Waals surface area contributed by atoms with Gasteiger partial charge in [-0.3, -0.25) is 4.79 Å². The highest BCUT2D eigenvalue weighted by atomic mass is 32.2. The lowest BCUT2D eigenvalue weighted by atomic mass is 10.1. The van der Waals surface area contributed by atoms with Gasteiger partial charge in [-0.15, -0.1) is 0 Å². The van der Waals surface area contributed by atoms with E-state index >= 15 is 0 Å². The Bertz CT molecular complexity index is 1220. The molecule has 2 N–H and O–H groups in total. The summed E-state index contributed by atoms with van der Waals surface area (Å²) in [6, 6.07) is 8.43. The first-order valence-electron chi connectivity index (χ1n) is 8.53. The first-order valence-corrected chi connectivity index (χ1v) is 12.1. The van der Waals surface area contributed by atoms with E-state index in [0.29, 0.717) is 11.3 Å². The molecule has 8 nitrogen and oxygen atoms in total. The highest BCUT2D eigenvalue weighted by Gasteiger charge is 2.41. The number of carbonyl (C=O) groups excluding carboxylic acids is 1. The van der Waals surface area contributed by atoms with Crippen LogP contribution in [0.3, 0.4) is 0 Å². The topological polar surface area (TPSA) is 114 Å². The van der Waals surface area contributed by atoms with Gasteiger partial charge in [0, 0.05) is 5.69 Å². The zero-order valence-corrected chi connectivity index (χ0v) is 18.1. The van der Waals surface area contributed by atoms with Crippen molar-refractivity contribution >= 4 is 37.1 Å². The molecule has 30 heavy (non-hydrogen) atoms. The van der Waals surface area contributed by atoms with Crippen LogP contribution in [0.4, 0.5) is 15.8 Å². The number of sulfone groups is 1. The summed E-state index contributed by atoms with van der Waals surface area (Å²) in [7, 11) is -8.13. The maximum atomic E-state index is 13.1. The summed E-state index contributed by atoms with van der Waals surface area (Å²) in [6.45, 7) is 9.86. The molecule has 0 saturated carbocycles. The standard InChI is InChI=1S/C19H20FN3O5S2/c1-13-11-15(7-10-17(13)21-3)22-18(24)19(2,23-29(4,25)26)12-30(27,28)16-8-5-14(20)6-9-16/h5-11,23H,12H2,1-2,4H3,(H,22,24). The second-order valence-corrected chi connectivity index (χ2v) is 10.7. The molecule has 0 aliphatic carbocycles. The van der Waals surface area contributed by atoms with E-state index in [1.165, 1.54) is 18.2 Å². The maximum Gasteiger partial charge on any atom is 0.246 e. The Labute approximate surface area is 174 Å². The number of halogens is 1. The van der Waals surface area contributed by atoms with Gasteiger partial charge in [-0.2, -0.15) is 4.72 Å². The molecule has 1 amide bonds. The van der Waals surface area contributed by atoms with Gasteiger partial charge in [-0.1, -0.05) is 6.07 Å². The molecule has 0 bridgehead atoms. The molecule has 0 aliphatic rings. The molecule has 0 saturated heterocycles. The molecular weight excluding hydrogens is 433 g/mol. The van der Waals surface area contributed by atoms with Gasteiger partial charge >= 0.3 is 0 Å². The van der Waals surface area contributed by atoms with E-state index in [9.17, 15) is 26.0 Å². The fourth-order valence-corrected chi connectivity index (χ4v) is 5.54. The van der Waals surface area contributed by atoms with E-state index in [1.807, 2.05) is 0 Å². The SMILES string of the molecule is [C-]#[N+]c1ccc(NC(=O)C(C)(CS(=O)(=O)c2ccc(F)cc2)NS(C)(=O)=O)cc1C. The van der Waals surface area contributed by atoms with Crippen molar-refractivity contribution in [2.24, 2.45) is 0 Å². The van der Waals surface area contributed by atoms with Crippen LogP contribution < -0.4 is 10.0 Å². The molecule has 160 valence electrons. The predicted octanol–water partition coefficient (Wildman–Crippen LogP) is 2.41. The molecule has 2 aromatic rings. The normalized spacial score (nSPS) is 13.8. The van der Waals surface area contributed by atoms with Crippen molar-refractivity contribution in [3.8, 4) is 0 Å². The molecule has 0 heterocycles. The van der Waals surface area contributed by atoms with E-state index in [4.69, 9.17) is 6.57 Å². The van der Waals surface area contributed by atoms with Crippen molar-refractivity contribution in [2.45, 2.75) is 24.3 Å². The largest absolute Gasteiger partial charge is 0.325 e. The van der Waals surface area contributed by atoms with Crippen molar-refractivity contribution in [2.75, 3.05) is 17.3 Å². The summed E-state index contributed by atoms with van der Waals surface area (Å²) in [5.74, 6) is -2.44. The maximum absolute atomic E-state index is 13.1. The van der Waals surface area contributed by atoms with Gasteiger partial charge in [-0.05, 0) is 55.8 Å². The Balaban J connectivity index is 2.40. The van der Waals surface area contributed by atoms with Crippen molar-refractivity contribution in [3.05, 3.63) is 65.3 Å². The lowest BCUT2D eigenvalue weighted by Crippen LogP contribution is -2.58. The van der Waals surface area contributed by atoms with Crippen LogP contribution in [0, 0.1) is 19.3 Å². The van der Waals surface area contributed by atoms with Gasteiger partial charge in [0.25, 0.3) is 0 Å². The van der Waals surface area contributed by atoms with Crippen molar-refractivity contribution in [1.82, 2.24) is 4.72 Å². The van der Waals surface area contributed by atoms with Crippen molar-refractivity contribution in [3.63, 3.8) is 0 Å². The first kappa shape index (κ1) is 23.5. The van der Waals surface area contributed by atoms with Crippen LogP contribution in [0.15, 0.2) is 47.4 Å². The molecule has 1 atom stereocenters. The Hall–Kier alpha value is -2.81. The minimum absolute atomic E-state index is 0.254. The number of anilines is 1. The van der Waals surface area contributed by atoms with Gasteiger partial charge in [-0.25, -0.2) is 26.1 Å². The lowest BCUT2D eigenvalue weighted by Gasteiger charge is -2.28. The average molecular weight is 454 g/mol. The highest BCUT2D eigenvalue weighted by Crippen LogP contribution is 2.24. The zero-order valence-electron chi connectivity index (χ0n) is 16.4. The molecule has 0 aliphatic heterocycles. The minimum Gasteiger partial charge on any atom is -0.325 e. The summed E-state index contributed by atoms with van der Waals surface area (Å²) in [4.78, 5) is 16.0. The van der Waals surface area contributed by atoms with Gasteiger partial charge in [0.1, 0.15) is 11.4 Å². The Morgan fingerprint density at radius 3 is 2.23 bits per heavy atom. The summed E-state index contributed by atoms with van der Waals surface area (Å²) in [6.07, 6.45) is 0.803. The van der Waals surface area contributed by atoms with E-state index in [0.717, 1.165) is 37.4 Å². The third kappa shape index (κ3) is 5.85. The second-order valence-electron chi connectivity index (χ2n) is 6.99. The number of carbonyl (C=O) groups is 1. The molecule has 2 rings (SSSR count). The third-order valence-electron chi connectivity index (χ3n) is 4.14. The van der Waals surface area contributed by atoms with Gasteiger partial charge in [0.15, 0.2) is 15.5 Å². The Morgan fingerprint density at radius 2 is 1.73 bits per heavy atom. The number of sulfonamides is 1. The van der Waals surface area contributed by atoms with Crippen LogP contribution in [0.2, 0.25) is 0 Å². The number of hydrogen-bond acceptors (Lipinski definition) is 5. The molecule has 0 fully saturated rings. The fraction of sp³-hybridized carbons (Fsp3) is 0.263. The van der Waals surface area contributed by atoms with Crippen molar-refractivity contribution < 1.29 is 26.0 Å². The summed E-state index contributed by atoms with van der Waals surface area (Å²) in [5, 5.41) is 2.49. The molecule has 1 unspecified atom stereocenters. The zero-order chi connectivity index (χ0) is 22.7. The first-order chi connectivity index (χ1) is 13.8. The molecule has 0 radical (unpaired) electrons. The molecule has 11 heteroatoms. The van der Waals surface area contributed by atoms with Crippen molar-refractivity contribution in [1.29, 1.82) is 0 Å². The number of rotatable bonds is 7. The highest BCUT2D eigenvalue weighted by molar-refractivity contribution is 7.91. The van der Waals surface area contributed by atoms with Crippen LogP contribution in [0.25, 0.3) is 4.85 Å².